The summed E-state index contributed by atoms with van der Waals surface area (Å²) < 4.78 is 5.02. The van der Waals surface area contributed by atoms with Gasteiger partial charge in [-0.15, -0.1) is 0 Å². The molecule has 0 unspecified atom stereocenters. The number of benzene rings is 3. The molecule has 0 aromatic heterocycles. The first-order valence-electron chi connectivity index (χ1n) is 5.63. The van der Waals surface area contributed by atoms with Crippen LogP contribution in [0.4, 0.5) is 4.79 Å². The number of carbonyl (C=O) groups excluding carboxylic acids is 1. The summed E-state index contributed by atoms with van der Waals surface area (Å²) in [4.78, 5) is 10.9. The van der Waals surface area contributed by atoms with Crippen LogP contribution < -0.4 is 10.5 Å². The molecule has 0 aliphatic heterocycles. The Morgan fingerprint density at radius 2 is 1.61 bits per heavy atom. The third kappa shape index (κ3) is 1.66. The van der Waals surface area contributed by atoms with Gasteiger partial charge in [0.2, 0.25) is 0 Å². The van der Waals surface area contributed by atoms with Gasteiger partial charge in [0.15, 0.2) is 0 Å². The van der Waals surface area contributed by atoms with E-state index in [1.54, 1.807) is 6.07 Å². The van der Waals surface area contributed by atoms with Gasteiger partial charge < -0.3 is 10.5 Å². The summed E-state index contributed by atoms with van der Waals surface area (Å²) in [6.45, 7) is 0. The van der Waals surface area contributed by atoms with Crippen molar-refractivity contribution in [2.45, 2.75) is 0 Å². The van der Waals surface area contributed by atoms with Gasteiger partial charge in [-0.2, -0.15) is 0 Å². The normalized spacial score (nSPS) is 10.7. The first kappa shape index (κ1) is 10.6. The van der Waals surface area contributed by atoms with Crippen molar-refractivity contribution < 1.29 is 9.53 Å². The summed E-state index contributed by atoms with van der Waals surface area (Å²) in [7, 11) is 0. The summed E-state index contributed by atoms with van der Waals surface area (Å²) in [5.41, 5.74) is 5.07. The first-order valence-corrected chi connectivity index (χ1v) is 5.63. The van der Waals surface area contributed by atoms with Gasteiger partial charge in [-0.05, 0) is 28.3 Å². The van der Waals surface area contributed by atoms with Gasteiger partial charge in [-0.1, -0.05) is 42.5 Å². The Hall–Kier alpha value is -2.55. The summed E-state index contributed by atoms with van der Waals surface area (Å²) in [5.74, 6) is 0.491. The van der Waals surface area contributed by atoms with E-state index < -0.39 is 6.09 Å². The number of amides is 1. The molecule has 0 saturated heterocycles. The minimum atomic E-state index is -0.796. The lowest BCUT2D eigenvalue weighted by atomic mass is 10.0. The molecule has 0 saturated carbocycles. The smallest absolute Gasteiger partial charge is 0.409 e. The lowest BCUT2D eigenvalue weighted by molar-refractivity contribution is 0.211. The van der Waals surface area contributed by atoms with E-state index in [-0.39, 0.29) is 0 Å². The molecule has 0 bridgehead atoms. The van der Waals surface area contributed by atoms with Crippen molar-refractivity contribution >= 4 is 27.6 Å². The summed E-state index contributed by atoms with van der Waals surface area (Å²) in [6, 6.07) is 17.6. The van der Waals surface area contributed by atoms with Crippen LogP contribution in [0.1, 0.15) is 0 Å². The maximum Gasteiger partial charge on any atom is 0.409 e. The largest absolute Gasteiger partial charge is 0.410 e. The van der Waals surface area contributed by atoms with Crippen molar-refractivity contribution in [1.29, 1.82) is 0 Å². The van der Waals surface area contributed by atoms with Crippen molar-refractivity contribution in [2.24, 2.45) is 5.73 Å². The van der Waals surface area contributed by atoms with Crippen LogP contribution in [0.3, 0.4) is 0 Å². The molecule has 0 aliphatic rings. The standard InChI is InChI=1S/C15H11NO2/c16-15(17)18-14-7-3-6-12-11-5-2-1-4-10(11)8-9-13(12)14/h1-9H,(H2,16,17). The highest BCUT2D eigenvalue weighted by Crippen LogP contribution is 2.31. The minimum Gasteiger partial charge on any atom is -0.410 e. The molecule has 0 atom stereocenters. The van der Waals surface area contributed by atoms with E-state index in [1.807, 2.05) is 42.5 Å². The zero-order valence-electron chi connectivity index (χ0n) is 9.59. The zero-order valence-corrected chi connectivity index (χ0v) is 9.59. The second kappa shape index (κ2) is 4.04. The molecule has 3 heteroatoms. The predicted octanol–water partition coefficient (Wildman–Crippen LogP) is 3.45. The molecule has 88 valence electrons. The Labute approximate surface area is 104 Å². The average molecular weight is 237 g/mol. The van der Waals surface area contributed by atoms with Crippen LogP contribution in [0.25, 0.3) is 21.5 Å². The average Bonchev–Trinajstić information content (AvgIpc) is 2.38. The van der Waals surface area contributed by atoms with Crippen molar-refractivity contribution in [2.75, 3.05) is 0 Å². The molecule has 3 aromatic carbocycles. The van der Waals surface area contributed by atoms with E-state index in [0.29, 0.717) is 5.75 Å². The Kier molecular flexibility index (Phi) is 2.38. The number of fused-ring (bicyclic) bond motifs is 3. The molecule has 0 radical (unpaired) electrons. The van der Waals surface area contributed by atoms with Gasteiger partial charge >= 0.3 is 6.09 Å². The fourth-order valence-electron chi connectivity index (χ4n) is 2.21. The maximum absolute atomic E-state index is 10.9. The Morgan fingerprint density at radius 1 is 0.833 bits per heavy atom. The van der Waals surface area contributed by atoms with Crippen LogP contribution >= 0.6 is 0 Å². The second-order valence-corrected chi connectivity index (χ2v) is 4.06. The van der Waals surface area contributed by atoms with Crippen LogP contribution in [0, 0.1) is 0 Å². The molecule has 3 rings (SSSR count). The van der Waals surface area contributed by atoms with Crippen molar-refractivity contribution in [3.8, 4) is 5.75 Å². The van der Waals surface area contributed by atoms with E-state index in [4.69, 9.17) is 10.5 Å². The molecule has 0 spiro atoms. The van der Waals surface area contributed by atoms with Gasteiger partial charge in [-0.3, -0.25) is 0 Å². The van der Waals surface area contributed by atoms with Crippen molar-refractivity contribution in [1.82, 2.24) is 0 Å². The Bertz CT molecular complexity index is 750. The summed E-state index contributed by atoms with van der Waals surface area (Å²) >= 11 is 0. The lowest BCUT2D eigenvalue weighted by Crippen LogP contribution is -2.16. The number of primary amides is 1. The van der Waals surface area contributed by atoms with Gasteiger partial charge in [0.05, 0.1) is 0 Å². The predicted molar refractivity (Wildman–Crippen MR) is 71.7 cm³/mol. The molecule has 0 heterocycles. The molecular weight excluding hydrogens is 226 g/mol. The monoisotopic (exact) mass is 237 g/mol. The molecule has 18 heavy (non-hydrogen) atoms. The highest BCUT2D eigenvalue weighted by Gasteiger charge is 2.06. The highest BCUT2D eigenvalue weighted by atomic mass is 16.5. The van der Waals surface area contributed by atoms with E-state index in [9.17, 15) is 4.79 Å². The van der Waals surface area contributed by atoms with Crippen molar-refractivity contribution in [3.63, 3.8) is 0 Å². The molecule has 1 amide bonds. The third-order valence-electron chi connectivity index (χ3n) is 2.96. The van der Waals surface area contributed by atoms with Crippen LogP contribution in [-0.4, -0.2) is 6.09 Å². The Morgan fingerprint density at radius 3 is 2.44 bits per heavy atom. The molecule has 2 N–H and O–H groups in total. The molecule has 3 nitrogen and oxygen atoms in total. The van der Waals surface area contributed by atoms with Crippen molar-refractivity contribution in [3.05, 3.63) is 54.6 Å². The lowest BCUT2D eigenvalue weighted by Gasteiger charge is -2.08. The number of ether oxygens (including phenoxy) is 1. The minimum absolute atomic E-state index is 0.491. The van der Waals surface area contributed by atoms with Gasteiger partial charge in [-0.25, -0.2) is 4.79 Å². The van der Waals surface area contributed by atoms with Crippen LogP contribution in [0.5, 0.6) is 5.75 Å². The van der Waals surface area contributed by atoms with Crippen LogP contribution in [-0.2, 0) is 0 Å². The van der Waals surface area contributed by atoms with Gasteiger partial charge in [0, 0.05) is 5.39 Å². The van der Waals surface area contributed by atoms with Gasteiger partial charge in [0.25, 0.3) is 0 Å². The zero-order chi connectivity index (χ0) is 12.5. The van der Waals surface area contributed by atoms with E-state index in [1.165, 1.54) is 0 Å². The fraction of sp³-hybridized carbons (Fsp3) is 0. The van der Waals surface area contributed by atoms with Crippen LogP contribution in [0.15, 0.2) is 54.6 Å². The number of hydrogen-bond donors (Lipinski definition) is 1. The molecule has 0 aliphatic carbocycles. The van der Waals surface area contributed by atoms with E-state index in [0.717, 1.165) is 21.5 Å². The number of rotatable bonds is 1. The fourth-order valence-corrected chi connectivity index (χ4v) is 2.21. The number of carbonyl (C=O) groups is 1. The number of nitrogens with two attached hydrogens (primary N) is 1. The molecular formula is C15H11NO2. The summed E-state index contributed by atoms with van der Waals surface area (Å²) in [6.07, 6.45) is -0.796. The van der Waals surface area contributed by atoms with E-state index >= 15 is 0 Å². The first-order chi connectivity index (χ1) is 8.75. The molecule has 0 fully saturated rings. The topological polar surface area (TPSA) is 52.3 Å². The third-order valence-corrected chi connectivity index (χ3v) is 2.96. The SMILES string of the molecule is NC(=O)Oc1cccc2c1ccc1ccccc12. The highest BCUT2D eigenvalue weighted by molar-refractivity contribution is 6.09. The maximum atomic E-state index is 10.9. The van der Waals surface area contributed by atoms with Crippen LogP contribution in [0.2, 0.25) is 0 Å². The van der Waals surface area contributed by atoms with Gasteiger partial charge in [0.1, 0.15) is 5.75 Å². The second-order valence-electron chi connectivity index (χ2n) is 4.06. The molecule has 3 aromatic rings. The summed E-state index contributed by atoms with van der Waals surface area (Å²) in [5, 5.41) is 4.22. The number of hydrogen-bond acceptors (Lipinski definition) is 2. The quantitative estimate of drug-likeness (QED) is 0.659. The van der Waals surface area contributed by atoms with E-state index in [2.05, 4.69) is 6.07 Å². The Balaban J connectivity index is 2.36.